The molecule has 0 aliphatic carbocycles. The SMILES string of the molecule is Cc1cc(C)c2nc(N3CCN(c4nccn5c(C)nnc45)CC3)sc2c1. The van der Waals surface area contributed by atoms with Crippen LogP contribution in [0.2, 0.25) is 0 Å². The van der Waals surface area contributed by atoms with Gasteiger partial charge in [-0.2, -0.15) is 0 Å². The maximum absolute atomic E-state index is 4.91. The second-order valence-electron chi connectivity index (χ2n) is 7.09. The normalized spacial score (nSPS) is 15.2. The fraction of sp³-hybridized carbons (Fsp3) is 0.368. The van der Waals surface area contributed by atoms with E-state index in [0.29, 0.717) is 0 Å². The molecule has 0 spiro atoms. The summed E-state index contributed by atoms with van der Waals surface area (Å²) in [5.74, 6) is 1.79. The third-order valence-corrected chi connectivity index (χ3v) is 6.21. The van der Waals surface area contributed by atoms with Gasteiger partial charge in [-0.3, -0.25) is 4.40 Å². The van der Waals surface area contributed by atoms with E-state index in [0.717, 1.165) is 54.1 Å². The van der Waals surface area contributed by atoms with E-state index < -0.39 is 0 Å². The van der Waals surface area contributed by atoms with Gasteiger partial charge in [0.25, 0.3) is 0 Å². The molecule has 27 heavy (non-hydrogen) atoms. The van der Waals surface area contributed by atoms with E-state index in [1.165, 1.54) is 15.8 Å². The number of piperazine rings is 1. The van der Waals surface area contributed by atoms with Gasteiger partial charge in [-0.1, -0.05) is 17.4 Å². The highest BCUT2D eigenvalue weighted by atomic mass is 32.1. The van der Waals surface area contributed by atoms with Crippen molar-refractivity contribution in [2.24, 2.45) is 0 Å². The van der Waals surface area contributed by atoms with Gasteiger partial charge >= 0.3 is 0 Å². The van der Waals surface area contributed by atoms with Crippen molar-refractivity contribution in [3.63, 3.8) is 0 Å². The van der Waals surface area contributed by atoms with Crippen molar-refractivity contribution < 1.29 is 0 Å². The van der Waals surface area contributed by atoms with Gasteiger partial charge < -0.3 is 9.80 Å². The van der Waals surface area contributed by atoms with Crippen molar-refractivity contribution in [2.75, 3.05) is 36.0 Å². The van der Waals surface area contributed by atoms with Crippen molar-refractivity contribution in [3.05, 3.63) is 41.5 Å². The van der Waals surface area contributed by atoms with Crippen LogP contribution in [0.1, 0.15) is 17.0 Å². The number of fused-ring (bicyclic) bond motifs is 2. The summed E-state index contributed by atoms with van der Waals surface area (Å²) in [5.41, 5.74) is 4.51. The van der Waals surface area contributed by atoms with E-state index >= 15 is 0 Å². The van der Waals surface area contributed by atoms with Gasteiger partial charge in [0.2, 0.25) is 5.65 Å². The molecule has 4 heterocycles. The van der Waals surface area contributed by atoms with Crippen LogP contribution in [0.15, 0.2) is 24.5 Å². The third-order valence-electron chi connectivity index (χ3n) is 5.15. The summed E-state index contributed by atoms with van der Waals surface area (Å²) < 4.78 is 3.27. The quantitative estimate of drug-likeness (QED) is 0.534. The Labute approximate surface area is 161 Å². The minimum atomic E-state index is 0.828. The van der Waals surface area contributed by atoms with Gasteiger partial charge in [-0.25, -0.2) is 9.97 Å². The highest BCUT2D eigenvalue weighted by Gasteiger charge is 2.23. The van der Waals surface area contributed by atoms with Crippen LogP contribution in [-0.4, -0.2) is 50.7 Å². The molecule has 1 aliphatic heterocycles. The molecule has 138 valence electrons. The summed E-state index contributed by atoms with van der Waals surface area (Å²) in [7, 11) is 0. The van der Waals surface area contributed by atoms with Crippen LogP contribution in [0.25, 0.3) is 15.9 Å². The zero-order valence-corrected chi connectivity index (χ0v) is 16.5. The van der Waals surface area contributed by atoms with Crippen molar-refractivity contribution >= 4 is 38.2 Å². The summed E-state index contributed by atoms with van der Waals surface area (Å²) in [4.78, 5) is 14.2. The van der Waals surface area contributed by atoms with Gasteiger partial charge in [0, 0.05) is 38.6 Å². The summed E-state index contributed by atoms with van der Waals surface area (Å²) in [5, 5.41) is 9.60. The van der Waals surface area contributed by atoms with Gasteiger partial charge in [0.15, 0.2) is 10.9 Å². The number of anilines is 2. The fourth-order valence-electron chi connectivity index (χ4n) is 3.76. The van der Waals surface area contributed by atoms with E-state index in [2.05, 4.69) is 51.0 Å². The van der Waals surface area contributed by atoms with Crippen LogP contribution in [0.4, 0.5) is 10.9 Å². The highest BCUT2D eigenvalue weighted by Crippen LogP contribution is 2.32. The van der Waals surface area contributed by atoms with Gasteiger partial charge in [-0.05, 0) is 38.0 Å². The topological polar surface area (TPSA) is 62.5 Å². The number of hydrogen-bond acceptors (Lipinski definition) is 7. The Morgan fingerprint density at radius 1 is 0.963 bits per heavy atom. The summed E-state index contributed by atoms with van der Waals surface area (Å²) >= 11 is 1.79. The number of aromatic nitrogens is 5. The molecule has 0 amide bonds. The molecule has 0 unspecified atom stereocenters. The second kappa shape index (κ2) is 6.16. The predicted octanol–water partition coefficient (Wildman–Crippen LogP) is 2.99. The molecule has 8 heteroatoms. The molecule has 1 aromatic carbocycles. The molecule has 0 N–H and O–H groups in total. The molecular formula is C19H21N7S. The van der Waals surface area contributed by atoms with Gasteiger partial charge in [-0.15, -0.1) is 10.2 Å². The number of benzene rings is 1. The molecule has 4 aromatic rings. The van der Waals surface area contributed by atoms with Crippen LogP contribution >= 0.6 is 11.3 Å². The first-order valence-corrected chi connectivity index (χ1v) is 9.96. The van der Waals surface area contributed by atoms with Crippen LogP contribution in [0, 0.1) is 20.8 Å². The molecule has 0 radical (unpaired) electrons. The molecule has 1 saturated heterocycles. The van der Waals surface area contributed by atoms with Crippen molar-refractivity contribution in [2.45, 2.75) is 20.8 Å². The smallest absolute Gasteiger partial charge is 0.203 e. The van der Waals surface area contributed by atoms with Crippen molar-refractivity contribution in [1.82, 2.24) is 24.6 Å². The lowest BCUT2D eigenvalue weighted by molar-refractivity contribution is 0.646. The maximum Gasteiger partial charge on any atom is 0.203 e. The molecule has 0 bridgehead atoms. The minimum absolute atomic E-state index is 0.828. The molecule has 7 nitrogen and oxygen atoms in total. The zero-order valence-electron chi connectivity index (χ0n) is 15.7. The minimum Gasteiger partial charge on any atom is -0.350 e. The van der Waals surface area contributed by atoms with E-state index in [9.17, 15) is 0 Å². The van der Waals surface area contributed by atoms with E-state index in [4.69, 9.17) is 4.98 Å². The lowest BCUT2D eigenvalue weighted by Crippen LogP contribution is -2.47. The van der Waals surface area contributed by atoms with Gasteiger partial charge in [0.05, 0.1) is 10.2 Å². The number of nitrogens with zero attached hydrogens (tertiary/aromatic N) is 7. The Kier molecular flexibility index (Phi) is 3.75. The second-order valence-corrected chi connectivity index (χ2v) is 8.10. The van der Waals surface area contributed by atoms with Crippen molar-refractivity contribution in [3.8, 4) is 0 Å². The highest BCUT2D eigenvalue weighted by molar-refractivity contribution is 7.22. The largest absolute Gasteiger partial charge is 0.350 e. The van der Waals surface area contributed by atoms with E-state index in [1.54, 1.807) is 11.3 Å². The Bertz CT molecular complexity index is 1140. The summed E-state index contributed by atoms with van der Waals surface area (Å²) in [6.07, 6.45) is 3.74. The lowest BCUT2D eigenvalue weighted by Gasteiger charge is -2.35. The molecule has 3 aromatic heterocycles. The Morgan fingerprint density at radius 3 is 2.56 bits per heavy atom. The monoisotopic (exact) mass is 379 g/mol. The van der Waals surface area contributed by atoms with E-state index in [-0.39, 0.29) is 0 Å². The molecule has 0 atom stereocenters. The first-order valence-electron chi connectivity index (χ1n) is 9.14. The van der Waals surface area contributed by atoms with Crippen LogP contribution in [0.3, 0.4) is 0 Å². The molecule has 0 saturated carbocycles. The first-order chi connectivity index (χ1) is 13.1. The number of rotatable bonds is 2. The molecular weight excluding hydrogens is 358 g/mol. The third kappa shape index (κ3) is 2.71. The number of hydrogen-bond donors (Lipinski definition) is 0. The van der Waals surface area contributed by atoms with Crippen LogP contribution < -0.4 is 9.80 Å². The van der Waals surface area contributed by atoms with Crippen LogP contribution in [0.5, 0.6) is 0 Å². The lowest BCUT2D eigenvalue weighted by atomic mass is 10.1. The fourth-order valence-corrected chi connectivity index (χ4v) is 4.95. The Morgan fingerprint density at radius 2 is 1.74 bits per heavy atom. The Balaban J connectivity index is 1.39. The maximum atomic E-state index is 4.91. The van der Waals surface area contributed by atoms with Crippen molar-refractivity contribution in [1.29, 1.82) is 0 Å². The molecule has 1 fully saturated rings. The average Bonchev–Trinajstić information content (AvgIpc) is 3.26. The van der Waals surface area contributed by atoms with Gasteiger partial charge in [0.1, 0.15) is 5.82 Å². The molecule has 5 rings (SSSR count). The molecule has 1 aliphatic rings. The summed E-state index contributed by atoms with van der Waals surface area (Å²) in [6, 6.07) is 4.44. The van der Waals surface area contributed by atoms with Crippen LogP contribution in [-0.2, 0) is 0 Å². The zero-order chi connectivity index (χ0) is 18.5. The summed E-state index contributed by atoms with van der Waals surface area (Å²) in [6.45, 7) is 9.88. The Hall–Kier alpha value is -2.74. The standard InChI is InChI=1S/C19H21N7S/c1-12-10-13(2)16-15(11-12)27-19(21-16)25-8-6-24(7-9-25)17-18-23-22-14(3)26(18)5-4-20-17/h4-5,10-11H,6-9H2,1-3H3. The average molecular weight is 379 g/mol. The predicted molar refractivity (Wildman–Crippen MR) is 109 cm³/mol. The van der Waals surface area contributed by atoms with E-state index in [1.807, 2.05) is 23.7 Å². The number of aryl methyl sites for hydroxylation is 3. The first kappa shape index (κ1) is 16.4. The number of thiazole rings is 1.